The maximum Gasteiger partial charge on any atom is 0.241 e. The van der Waals surface area contributed by atoms with E-state index in [0.29, 0.717) is 18.9 Å². The Bertz CT molecular complexity index is 545. The molecular formula is C12H20N4O3S. The van der Waals surface area contributed by atoms with Crippen molar-refractivity contribution in [1.29, 1.82) is 0 Å². The molecule has 0 fully saturated rings. The lowest BCUT2D eigenvalue weighted by atomic mass is 10.4. The molecule has 0 aromatic carbocycles. The maximum absolute atomic E-state index is 12.0. The van der Waals surface area contributed by atoms with Gasteiger partial charge >= 0.3 is 0 Å². The normalized spacial score (nSPS) is 11.1. The van der Waals surface area contributed by atoms with Gasteiger partial charge in [0.25, 0.3) is 0 Å². The summed E-state index contributed by atoms with van der Waals surface area (Å²) in [5, 5.41) is 5.53. The van der Waals surface area contributed by atoms with Gasteiger partial charge in [0.15, 0.2) is 0 Å². The molecule has 1 amide bonds. The van der Waals surface area contributed by atoms with Crippen molar-refractivity contribution < 1.29 is 13.2 Å². The molecule has 0 atom stereocenters. The molecule has 3 N–H and O–H groups in total. The first-order valence-corrected chi connectivity index (χ1v) is 7.94. The maximum atomic E-state index is 12.0. The van der Waals surface area contributed by atoms with Crippen LogP contribution in [0.15, 0.2) is 23.2 Å². The minimum absolute atomic E-state index is 0.0757. The first-order valence-electron chi connectivity index (χ1n) is 6.46. The van der Waals surface area contributed by atoms with Gasteiger partial charge in [-0.1, -0.05) is 6.92 Å². The lowest BCUT2D eigenvalue weighted by molar-refractivity contribution is -0.119. The van der Waals surface area contributed by atoms with Crippen molar-refractivity contribution in [1.82, 2.24) is 15.0 Å². The summed E-state index contributed by atoms with van der Waals surface area (Å²) in [7, 11) is -3.71. The molecule has 7 nitrogen and oxygen atoms in total. The van der Waals surface area contributed by atoms with Crippen LogP contribution >= 0.6 is 0 Å². The Kier molecular flexibility index (Phi) is 6.40. The van der Waals surface area contributed by atoms with Crippen LogP contribution in [0.4, 0.5) is 5.82 Å². The fourth-order valence-corrected chi connectivity index (χ4v) is 2.42. The number of hydrogen-bond donors (Lipinski definition) is 3. The number of aromatic nitrogens is 1. The summed E-state index contributed by atoms with van der Waals surface area (Å²) in [6.07, 6.45) is 2.21. The molecule has 1 aromatic rings. The molecule has 0 saturated carbocycles. The Balaban J connectivity index is 2.68. The zero-order valence-corrected chi connectivity index (χ0v) is 12.5. The zero-order chi connectivity index (χ0) is 15.0. The van der Waals surface area contributed by atoms with Crippen LogP contribution in [0.3, 0.4) is 0 Å². The van der Waals surface area contributed by atoms with Gasteiger partial charge in [-0.3, -0.25) is 4.79 Å². The standard InChI is InChI=1S/C12H20N4O3S/c1-3-6-15-12(17)9-16-20(18,19)10-5-7-14-11(8-10)13-4-2/h5,7-8,16H,3-4,6,9H2,1-2H3,(H,13,14)(H,15,17). The number of sulfonamides is 1. The van der Waals surface area contributed by atoms with E-state index in [1.54, 1.807) is 0 Å². The highest BCUT2D eigenvalue weighted by atomic mass is 32.2. The van der Waals surface area contributed by atoms with E-state index in [1.165, 1.54) is 18.3 Å². The quantitative estimate of drug-likeness (QED) is 0.642. The minimum Gasteiger partial charge on any atom is -0.370 e. The second kappa shape index (κ2) is 7.81. The Morgan fingerprint density at radius 1 is 1.35 bits per heavy atom. The van der Waals surface area contributed by atoms with Crippen molar-refractivity contribution in [2.45, 2.75) is 25.2 Å². The van der Waals surface area contributed by atoms with Crippen molar-refractivity contribution in [2.24, 2.45) is 0 Å². The topological polar surface area (TPSA) is 100 Å². The average Bonchev–Trinajstić information content (AvgIpc) is 2.44. The number of nitrogens with one attached hydrogen (secondary N) is 3. The predicted molar refractivity (Wildman–Crippen MR) is 76.9 cm³/mol. The highest BCUT2D eigenvalue weighted by Crippen LogP contribution is 2.12. The average molecular weight is 300 g/mol. The highest BCUT2D eigenvalue weighted by Gasteiger charge is 2.16. The van der Waals surface area contributed by atoms with Gasteiger partial charge in [-0.2, -0.15) is 0 Å². The molecule has 8 heteroatoms. The summed E-state index contributed by atoms with van der Waals surface area (Å²) >= 11 is 0. The zero-order valence-electron chi connectivity index (χ0n) is 11.6. The highest BCUT2D eigenvalue weighted by molar-refractivity contribution is 7.89. The second-order valence-corrected chi connectivity index (χ2v) is 5.85. The number of carbonyl (C=O) groups is 1. The summed E-state index contributed by atoms with van der Waals surface area (Å²) < 4.78 is 26.3. The van der Waals surface area contributed by atoms with E-state index in [2.05, 4.69) is 20.3 Å². The third-order valence-electron chi connectivity index (χ3n) is 2.39. The molecular weight excluding hydrogens is 280 g/mol. The molecule has 0 aliphatic rings. The van der Waals surface area contributed by atoms with Gasteiger partial charge in [0, 0.05) is 25.4 Å². The molecule has 0 unspecified atom stereocenters. The molecule has 0 aliphatic heterocycles. The first kappa shape index (κ1) is 16.4. The van der Waals surface area contributed by atoms with E-state index in [9.17, 15) is 13.2 Å². The van der Waals surface area contributed by atoms with Crippen molar-refractivity contribution in [2.75, 3.05) is 25.0 Å². The van der Waals surface area contributed by atoms with Crippen molar-refractivity contribution in [3.8, 4) is 0 Å². The van der Waals surface area contributed by atoms with Gasteiger partial charge in [0.1, 0.15) is 5.82 Å². The molecule has 112 valence electrons. The largest absolute Gasteiger partial charge is 0.370 e. The molecule has 0 aliphatic carbocycles. The Morgan fingerprint density at radius 2 is 2.10 bits per heavy atom. The Morgan fingerprint density at radius 3 is 2.75 bits per heavy atom. The molecule has 1 heterocycles. The molecule has 1 rings (SSSR count). The lowest BCUT2D eigenvalue weighted by Crippen LogP contribution is -2.37. The molecule has 0 bridgehead atoms. The minimum atomic E-state index is -3.71. The molecule has 0 saturated heterocycles. The van der Waals surface area contributed by atoms with E-state index < -0.39 is 10.0 Å². The fraction of sp³-hybridized carbons (Fsp3) is 0.500. The van der Waals surface area contributed by atoms with Crippen LogP contribution in [-0.2, 0) is 14.8 Å². The molecule has 20 heavy (non-hydrogen) atoms. The molecule has 0 spiro atoms. The number of anilines is 1. The van der Waals surface area contributed by atoms with Crippen LogP contribution < -0.4 is 15.4 Å². The predicted octanol–water partition coefficient (Wildman–Crippen LogP) is 0.318. The van der Waals surface area contributed by atoms with E-state index in [4.69, 9.17) is 0 Å². The van der Waals surface area contributed by atoms with Crippen LogP contribution in [0.1, 0.15) is 20.3 Å². The van der Waals surface area contributed by atoms with Crippen LogP contribution in [-0.4, -0.2) is 38.9 Å². The summed E-state index contributed by atoms with van der Waals surface area (Å²) in [5.74, 6) is 0.127. The monoisotopic (exact) mass is 300 g/mol. The fourth-order valence-electron chi connectivity index (χ4n) is 1.43. The molecule has 1 aromatic heterocycles. The van der Waals surface area contributed by atoms with Crippen LogP contribution in [0.5, 0.6) is 0 Å². The summed E-state index contributed by atoms with van der Waals surface area (Å²) in [4.78, 5) is 15.5. The van der Waals surface area contributed by atoms with Gasteiger partial charge in [0.05, 0.1) is 11.4 Å². The number of rotatable bonds is 8. The van der Waals surface area contributed by atoms with Crippen molar-refractivity contribution in [3.63, 3.8) is 0 Å². The number of pyridine rings is 1. The number of nitrogens with zero attached hydrogens (tertiary/aromatic N) is 1. The second-order valence-electron chi connectivity index (χ2n) is 4.08. The van der Waals surface area contributed by atoms with E-state index in [1.807, 2.05) is 13.8 Å². The first-order chi connectivity index (χ1) is 9.49. The van der Waals surface area contributed by atoms with Gasteiger partial charge in [-0.15, -0.1) is 0 Å². The molecule has 0 radical (unpaired) electrons. The number of carbonyl (C=O) groups excluding carboxylic acids is 1. The van der Waals surface area contributed by atoms with E-state index >= 15 is 0 Å². The van der Waals surface area contributed by atoms with E-state index in [0.717, 1.165) is 6.42 Å². The number of amides is 1. The summed E-state index contributed by atoms with van der Waals surface area (Å²) in [5.41, 5.74) is 0. The van der Waals surface area contributed by atoms with Crippen molar-refractivity contribution >= 4 is 21.7 Å². The third kappa shape index (κ3) is 5.14. The summed E-state index contributed by atoms with van der Waals surface area (Å²) in [6, 6.07) is 2.81. The van der Waals surface area contributed by atoms with Gasteiger partial charge in [0.2, 0.25) is 15.9 Å². The Labute approximate surface area is 119 Å². The third-order valence-corrected chi connectivity index (χ3v) is 3.79. The lowest BCUT2D eigenvalue weighted by Gasteiger charge is -2.08. The Hall–Kier alpha value is -1.67. The SMILES string of the molecule is CCCNC(=O)CNS(=O)(=O)c1ccnc(NCC)c1. The van der Waals surface area contributed by atoms with E-state index in [-0.39, 0.29) is 17.3 Å². The smallest absolute Gasteiger partial charge is 0.241 e. The van der Waals surface area contributed by atoms with Crippen LogP contribution in [0.25, 0.3) is 0 Å². The van der Waals surface area contributed by atoms with Crippen LogP contribution in [0, 0.1) is 0 Å². The summed E-state index contributed by atoms with van der Waals surface area (Å²) in [6.45, 7) is 4.70. The van der Waals surface area contributed by atoms with Crippen LogP contribution in [0.2, 0.25) is 0 Å². The van der Waals surface area contributed by atoms with Gasteiger partial charge < -0.3 is 10.6 Å². The van der Waals surface area contributed by atoms with Crippen molar-refractivity contribution in [3.05, 3.63) is 18.3 Å². The number of hydrogen-bond acceptors (Lipinski definition) is 5. The van der Waals surface area contributed by atoms with Gasteiger partial charge in [-0.25, -0.2) is 18.1 Å². The van der Waals surface area contributed by atoms with Gasteiger partial charge in [-0.05, 0) is 19.4 Å².